The average molecular weight is 581 g/mol. The summed E-state index contributed by atoms with van der Waals surface area (Å²) in [4.78, 5) is 25.9. The van der Waals surface area contributed by atoms with E-state index in [1.165, 1.54) is 23.5 Å². The number of likely N-dealkylation sites (N-methyl/N-ethyl adjacent to an activating group) is 1. The quantitative estimate of drug-likeness (QED) is 0.153. The fraction of sp³-hybridized carbons (Fsp3) is 0.345. The second kappa shape index (κ2) is 12.2. The summed E-state index contributed by atoms with van der Waals surface area (Å²) in [5.41, 5.74) is 3.01. The summed E-state index contributed by atoms with van der Waals surface area (Å²) < 4.78 is 34.3. The zero-order valence-corrected chi connectivity index (χ0v) is 24.5. The van der Waals surface area contributed by atoms with Crippen LogP contribution in [0.4, 0.5) is 0 Å². The second-order valence-corrected chi connectivity index (χ2v) is 11.9. The van der Waals surface area contributed by atoms with E-state index in [1.807, 2.05) is 19.1 Å². The number of hydrogen-bond donors (Lipinski definition) is 4. The summed E-state index contributed by atoms with van der Waals surface area (Å²) in [7, 11) is -0.899. The average Bonchev–Trinajstić information content (AvgIpc) is 2.96. The molecule has 218 valence electrons. The van der Waals surface area contributed by atoms with E-state index >= 15 is 0 Å². The number of nitrogens with two attached hydrogens (primary N) is 1. The molecule has 1 amide bonds. The summed E-state index contributed by atoms with van der Waals surface area (Å²) in [5.74, 6) is 6.17. The van der Waals surface area contributed by atoms with E-state index in [0.29, 0.717) is 46.6 Å². The first kappa shape index (κ1) is 30.0. The van der Waals surface area contributed by atoms with Gasteiger partial charge in [0.15, 0.2) is 5.78 Å². The maximum absolute atomic E-state index is 13.8. The Balaban J connectivity index is 1.68. The van der Waals surface area contributed by atoms with Crippen molar-refractivity contribution in [1.82, 2.24) is 19.9 Å². The van der Waals surface area contributed by atoms with Gasteiger partial charge < -0.3 is 20.8 Å². The molecule has 0 aliphatic carbocycles. The molecule has 2 aromatic rings. The molecule has 11 nitrogen and oxygen atoms in total. The number of para-hydroxylation sites is 1. The third-order valence-corrected chi connectivity index (χ3v) is 9.10. The van der Waals surface area contributed by atoms with Crippen LogP contribution in [0.5, 0.6) is 5.75 Å². The molecule has 1 saturated heterocycles. The van der Waals surface area contributed by atoms with Gasteiger partial charge in [0.25, 0.3) is 5.91 Å². The van der Waals surface area contributed by atoms with Gasteiger partial charge in [-0.3, -0.25) is 9.59 Å². The zero-order valence-electron chi connectivity index (χ0n) is 23.7. The normalized spacial score (nSPS) is 19.4. The van der Waals surface area contributed by atoms with Crippen molar-refractivity contribution in [2.75, 3.05) is 27.2 Å². The van der Waals surface area contributed by atoms with Gasteiger partial charge in [0.1, 0.15) is 17.6 Å². The van der Waals surface area contributed by atoms with Crippen molar-refractivity contribution in [3.05, 3.63) is 76.1 Å². The lowest BCUT2D eigenvalue weighted by Crippen LogP contribution is -2.54. The van der Waals surface area contributed by atoms with Crippen LogP contribution >= 0.6 is 0 Å². The lowest BCUT2D eigenvalue weighted by Gasteiger charge is -2.37. The molecule has 4 rings (SSSR count). The standard InChI is InChI=1S/C29H36N6O5S/c1-5-8-23(30)26-27(32-3)29(37)35(31)28(33-26)22-16-21(12-11-18(22)2)41(38,39)34-14-13-24(36)20(17-34)15-19-9-6-7-10-25(19)40-4/h6-7,9-12,15-16,28,30,32-33H,5,8,13-14,17,31H2,1-4H3/b20-15-,30-23?. The van der Waals surface area contributed by atoms with Crippen LogP contribution in [0.2, 0.25) is 0 Å². The molecular weight excluding hydrogens is 544 g/mol. The number of aryl methyl sites for hydroxylation is 1. The number of hydrogen-bond acceptors (Lipinski definition) is 9. The first-order valence-corrected chi connectivity index (χ1v) is 14.8. The van der Waals surface area contributed by atoms with Crippen molar-refractivity contribution in [3.8, 4) is 5.75 Å². The SMILES string of the molecule is CCCC(=N)C1=C(NC)C(=O)N(N)C(c2cc(S(=O)(=O)N3CCC(=O)/C(=C\c4ccccc4OC)C3)ccc2C)N1. The van der Waals surface area contributed by atoms with Gasteiger partial charge in [-0.05, 0) is 43.2 Å². The Hall–Kier alpha value is -4.00. The highest BCUT2D eigenvalue weighted by Gasteiger charge is 2.37. The van der Waals surface area contributed by atoms with Crippen LogP contribution in [0.25, 0.3) is 6.08 Å². The molecule has 1 fully saturated rings. The molecule has 0 spiro atoms. The molecular formula is C29H36N6O5S. The highest BCUT2D eigenvalue weighted by Crippen LogP contribution is 2.31. The van der Waals surface area contributed by atoms with Gasteiger partial charge in [0.05, 0.1) is 23.4 Å². The van der Waals surface area contributed by atoms with E-state index in [9.17, 15) is 18.0 Å². The van der Waals surface area contributed by atoms with Crippen LogP contribution in [-0.4, -0.2) is 62.4 Å². The van der Waals surface area contributed by atoms with Crippen molar-refractivity contribution < 1.29 is 22.7 Å². The molecule has 0 bridgehead atoms. The van der Waals surface area contributed by atoms with Gasteiger partial charge in [0.2, 0.25) is 10.0 Å². The Morgan fingerprint density at radius 3 is 2.66 bits per heavy atom. The number of hydrazine groups is 1. The Bertz CT molecular complexity index is 1550. The number of allylic oxidation sites excluding steroid dienone is 1. The molecule has 12 heteroatoms. The third-order valence-electron chi connectivity index (χ3n) is 7.25. The highest BCUT2D eigenvalue weighted by atomic mass is 32.2. The van der Waals surface area contributed by atoms with Crippen LogP contribution in [0.15, 0.2) is 64.3 Å². The summed E-state index contributed by atoms with van der Waals surface area (Å²) in [6.07, 6.45) is 1.99. The molecule has 2 heterocycles. The van der Waals surface area contributed by atoms with Gasteiger partial charge in [-0.1, -0.05) is 37.6 Å². The summed E-state index contributed by atoms with van der Waals surface area (Å²) >= 11 is 0. The Kier molecular flexibility index (Phi) is 8.95. The maximum Gasteiger partial charge on any atom is 0.288 e. The van der Waals surface area contributed by atoms with Crippen LogP contribution in [0, 0.1) is 12.3 Å². The summed E-state index contributed by atoms with van der Waals surface area (Å²) in [5, 5.41) is 15.5. The lowest BCUT2D eigenvalue weighted by molar-refractivity contribution is -0.132. The number of nitrogens with zero attached hydrogens (tertiary/aromatic N) is 2. The number of Topliss-reactive ketones (excluding diaryl/α,β-unsaturated/α-hetero) is 1. The van der Waals surface area contributed by atoms with Crippen LogP contribution in [0.1, 0.15) is 49.0 Å². The number of sulfonamides is 1. The van der Waals surface area contributed by atoms with Crippen molar-refractivity contribution in [2.45, 2.75) is 44.2 Å². The summed E-state index contributed by atoms with van der Waals surface area (Å²) in [6.45, 7) is 3.70. The minimum absolute atomic E-state index is 0.0142. The van der Waals surface area contributed by atoms with Crippen LogP contribution in [-0.2, 0) is 19.6 Å². The number of ketones is 1. The molecule has 0 aromatic heterocycles. The Morgan fingerprint density at radius 2 is 1.98 bits per heavy atom. The van der Waals surface area contributed by atoms with E-state index in [4.69, 9.17) is 16.0 Å². The number of ether oxygens (including phenoxy) is 1. The van der Waals surface area contributed by atoms with E-state index in [1.54, 1.807) is 38.2 Å². The fourth-order valence-corrected chi connectivity index (χ4v) is 6.43. The van der Waals surface area contributed by atoms with Crippen molar-refractivity contribution in [3.63, 3.8) is 0 Å². The number of amides is 1. The lowest BCUT2D eigenvalue weighted by atomic mass is 10.0. The molecule has 2 aliphatic heterocycles. The zero-order chi connectivity index (χ0) is 29.9. The Morgan fingerprint density at radius 1 is 1.24 bits per heavy atom. The second-order valence-electron chi connectivity index (χ2n) is 9.93. The number of methoxy groups -OCH3 is 1. The number of carbonyl (C=O) groups excluding carboxylic acids is 2. The van der Waals surface area contributed by atoms with Gasteiger partial charge in [-0.2, -0.15) is 4.31 Å². The smallest absolute Gasteiger partial charge is 0.288 e. The molecule has 0 saturated carbocycles. The molecule has 2 aliphatic rings. The van der Waals surface area contributed by atoms with Crippen LogP contribution in [0.3, 0.4) is 0 Å². The first-order chi connectivity index (χ1) is 19.5. The number of rotatable bonds is 9. The van der Waals surface area contributed by atoms with Gasteiger partial charge in [-0.15, -0.1) is 0 Å². The number of benzene rings is 2. The number of piperidine rings is 1. The Labute approximate surface area is 240 Å². The van der Waals surface area contributed by atoms with E-state index in [-0.39, 0.29) is 41.6 Å². The molecule has 5 N–H and O–H groups in total. The molecule has 0 radical (unpaired) electrons. The first-order valence-electron chi connectivity index (χ1n) is 13.4. The maximum atomic E-state index is 13.8. The van der Waals surface area contributed by atoms with E-state index in [2.05, 4.69) is 10.6 Å². The molecule has 41 heavy (non-hydrogen) atoms. The van der Waals surface area contributed by atoms with E-state index < -0.39 is 22.1 Å². The predicted octanol–water partition coefficient (Wildman–Crippen LogP) is 2.61. The summed E-state index contributed by atoms with van der Waals surface area (Å²) in [6, 6.07) is 11.9. The molecule has 2 aromatic carbocycles. The minimum Gasteiger partial charge on any atom is -0.496 e. The number of nitrogens with one attached hydrogen (secondary N) is 3. The van der Waals surface area contributed by atoms with Crippen molar-refractivity contribution in [1.29, 1.82) is 5.41 Å². The van der Waals surface area contributed by atoms with Crippen molar-refractivity contribution >= 4 is 33.5 Å². The van der Waals surface area contributed by atoms with Gasteiger partial charge in [0, 0.05) is 43.3 Å². The van der Waals surface area contributed by atoms with Crippen molar-refractivity contribution in [2.24, 2.45) is 5.84 Å². The fourth-order valence-electron chi connectivity index (χ4n) is 4.98. The van der Waals surface area contributed by atoms with E-state index in [0.717, 1.165) is 5.01 Å². The van der Waals surface area contributed by atoms with Crippen LogP contribution < -0.4 is 21.2 Å². The number of carbonyl (C=O) groups is 2. The highest BCUT2D eigenvalue weighted by molar-refractivity contribution is 7.89. The largest absolute Gasteiger partial charge is 0.496 e. The predicted molar refractivity (Wildman–Crippen MR) is 156 cm³/mol. The topological polar surface area (TPSA) is 158 Å². The van der Waals surface area contributed by atoms with Gasteiger partial charge >= 0.3 is 0 Å². The third kappa shape index (κ3) is 5.90. The molecule has 1 atom stereocenters. The molecule has 1 unspecified atom stereocenters. The van der Waals surface area contributed by atoms with Gasteiger partial charge in [-0.25, -0.2) is 19.3 Å². The monoisotopic (exact) mass is 580 g/mol. The minimum atomic E-state index is -4.02.